The number of carbonyl (C=O) groups excluding carboxylic acids is 1. The fraction of sp³-hybridized carbons (Fsp3) is 0.652. The van der Waals surface area contributed by atoms with Crippen molar-refractivity contribution in [1.82, 2.24) is 5.32 Å². The third kappa shape index (κ3) is 4.13. The smallest absolute Gasteiger partial charge is 0.482 e. The number of benzene rings is 1. The van der Waals surface area contributed by atoms with Crippen molar-refractivity contribution in [1.29, 1.82) is 0 Å². The fourth-order valence-electron chi connectivity index (χ4n) is 5.97. The Balaban J connectivity index is 1.64. The molecule has 33 heavy (non-hydrogen) atoms. The van der Waals surface area contributed by atoms with Gasteiger partial charge < -0.3 is 24.5 Å². The number of para-hydroxylation sites is 1. The van der Waals surface area contributed by atoms with Gasteiger partial charge in [0, 0.05) is 0 Å². The zero-order chi connectivity index (χ0) is 24.3. The Morgan fingerprint density at radius 1 is 1.33 bits per heavy atom. The van der Waals surface area contributed by atoms with Gasteiger partial charge in [-0.1, -0.05) is 49.2 Å². The number of nitrogens with one attached hydrogen (secondary N) is 1. The Kier molecular flexibility index (Phi) is 6.22. The zero-order valence-electron chi connectivity index (χ0n) is 19.5. The fourth-order valence-corrected chi connectivity index (χ4v) is 6.08. The van der Waals surface area contributed by atoms with E-state index in [1.807, 2.05) is 0 Å². The number of rotatable bonds is 7. The number of methoxy groups -OCH3 is 1. The molecule has 0 spiro atoms. The molecule has 5 atom stereocenters. The Bertz CT molecular complexity index is 967. The van der Waals surface area contributed by atoms with Gasteiger partial charge in [0.2, 0.25) is 0 Å². The van der Waals surface area contributed by atoms with Crippen LogP contribution in [0.4, 0.5) is 0 Å². The summed E-state index contributed by atoms with van der Waals surface area (Å²) in [4.78, 5) is 24.4. The summed E-state index contributed by atoms with van der Waals surface area (Å²) in [6, 6.07) is 4.87. The van der Waals surface area contributed by atoms with Gasteiger partial charge in [0.05, 0.1) is 24.8 Å². The number of hydrogen-bond acceptors (Lipinski definition) is 5. The summed E-state index contributed by atoms with van der Waals surface area (Å²) in [6.45, 7) is 8.04. The lowest BCUT2D eigenvalue weighted by molar-refractivity contribution is -0.199. The molecule has 0 radical (unpaired) electrons. The first-order valence-corrected chi connectivity index (χ1v) is 12.0. The van der Waals surface area contributed by atoms with Crippen LogP contribution in [0.5, 0.6) is 5.75 Å². The Labute approximate surface area is 204 Å². The van der Waals surface area contributed by atoms with E-state index in [9.17, 15) is 14.7 Å². The molecule has 4 aliphatic rings. The normalized spacial score (nSPS) is 30.8. The monoisotopic (exact) mass is 497 g/mol. The molecule has 1 aliphatic heterocycles. The van der Waals surface area contributed by atoms with Gasteiger partial charge in [0.15, 0.2) is 4.33 Å². The first kappa shape index (κ1) is 24.6. The maximum atomic E-state index is 12.7. The first-order valence-electron chi connectivity index (χ1n) is 11.2. The number of carboxylic acid groups (broad SMARTS) is 1. The quantitative estimate of drug-likeness (QED) is 0.438. The second kappa shape index (κ2) is 8.33. The predicted molar refractivity (Wildman–Crippen MR) is 126 cm³/mol. The molecule has 10 heteroatoms. The third-order valence-electron chi connectivity index (χ3n) is 7.98. The van der Waals surface area contributed by atoms with Crippen LogP contribution in [0.25, 0.3) is 0 Å². The summed E-state index contributed by atoms with van der Waals surface area (Å²) in [5.74, 6) is -1.18. The number of alkyl halides is 2. The molecule has 3 saturated carbocycles. The van der Waals surface area contributed by atoms with E-state index in [0.29, 0.717) is 17.4 Å². The maximum Gasteiger partial charge on any atom is 0.482 e. The molecule has 5 unspecified atom stereocenters. The van der Waals surface area contributed by atoms with Crippen LogP contribution in [-0.4, -0.2) is 53.2 Å². The lowest BCUT2D eigenvalue weighted by atomic mass is 9.43. The Hall–Kier alpha value is -1.48. The van der Waals surface area contributed by atoms with Crippen molar-refractivity contribution >= 4 is 42.2 Å². The van der Waals surface area contributed by atoms with Gasteiger partial charge >= 0.3 is 13.1 Å². The Morgan fingerprint density at radius 2 is 2.03 bits per heavy atom. The summed E-state index contributed by atoms with van der Waals surface area (Å²) in [6.07, 6.45) is 2.13. The van der Waals surface area contributed by atoms with Crippen molar-refractivity contribution < 1.29 is 28.7 Å². The predicted octanol–water partition coefficient (Wildman–Crippen LogP) is 3.88. The maximum absolute atomic E-state index is 12.7. The van der Waals surface area contributed by atoms with Crippen molar-refractivity contribution in [3.05, 3.63) is 29.3 Å². The average molecular weight is 498 g/mol. The topological polar surface area (TPSA) is 94.1 Å². The summed E-state index contributed by atoms with van der Waals surface area (Å²) < 4.78 is 16.7. The van der Waals surface area contributed by atoms with Crippen LogP contribution in [0.2, 0.25) is 0 Å². The highest BCUT2D eigenvalue weighted by molar-refractivity contribution is 6.58. The molecular weight excluding hydrogens is 468 g/mol. The summed E-state index contributed by atoms with van der Waals surface area (Å²) in [5, 5.41) is 12.4. The van der Waals surface area contributed by atoms with Gasteiger partial charge in [-0.15, -0.1) is 0 Å². The van der Waals surface area contributed by atoms with Gasteiger partial charge in [-0.2, -0.15) is 0 Å². The lowest BCUT2D eigenvalue weighted by Gasteiger charge is -2.64. The van der Waals surface area contributed by atoms with Crippen molar-refractivity contribution in [2.45, 2.75) is 68.9 Å². The molecule has 1 aromatic carbocycles. The average Bonchev–Trinajstić information content (AvgIpc) is 3.09. The minimum absolute atomic E-state index is 0.0380. The van der Waals surface area contributed by atoms with Gasteiger partial charge in [0.25, 0.3) is 5.91 Å². The first-order chi connectivity index (χ1) is 15.3. The second-order valence-corrected chi connectivity index (χ2v) is 12.0. The van der Waals surface area contributed by atoms with E-state index in [1.165, 1.54) is 20.1 Å². The number of hydrogen-bond donors (Lipinski definition) is 2. The number of ether oxygens (including phenoxy) is 1. The molecule has 0 aromatic heterocycles. The van der Waals surface area contributed by atoms with Crippen LogP contribution in [0.1, 0.15) is 56.5 Å². The molecule has 1 amide bonds. The molecule has 7 nitrogen and oxygen atoms in total. The van der Waals surface area contributed by atoms with Crippen molar-refractivity contribution in [3.8, 4) is 5.75 Å². The van der Waals surface area contributed by atoms with E-state index < -0.39 is 34.9 Å². The zero-order valence-corrected chi connectivity index (χ0v) is 21.0. The number of halogens is 2. The van der Waals surface area contributed by atoms with Crippen LogP contribution in [0, 0.1) is 17.3 Å². The molecule has 3 aliphatic carbocycles. The van der Waals surface area contributed by atoms with E-state index in [0.717, 1.165) is 12.8 Å². The van der Waals surface area contributed by atoms with Crippen LogP contribution < -0.4 is 10.1 Å². The molecule has 1 heterocycles. The lowest BCUT2D eigenvalue weighted by Crippen LogP contribution is -2.65. The van der Waals surface area contributed by atoms with Crippen molar-refractivity contribution in [2.75, 3.05) is 7.11 Å². The number of carbonyl (C=O) groups is 2. The number of aromatic carboxylic acids is 1. The molecular formula is C23H30BCl2NO6. The summed E-state index contributed by atoms with van der Waals surface area (Å²) >= 11 is 12.1. The van der Waals surface area contributed by atoms with Crippen LogP contribution in [-0.2, 0) is 20.5 Å². The molecule has 180 valence electrons. The number of carboxylic acids is 1. The van der Waals surface area contributed by atoms with Crippen LogP contribution >= 0.6 is 23.2 Å². The van der Waals surface area contributed by atoms with Gasteiger partial charge in [0.1, 0.15) is 11.3 Å². The van der Waals surface area contributed by atoms with E-state index in [2.05, 4.69) is 26.1 Å². The van der Waals surface area contributed by atoms with Gasteiger partial charge in [-0.3, -0.25) is 4.79 Å². The summed E-state index contributed by atoms with van der Waals surface area (Å²) in [5.41, 5.74) is 0.345. The second-order valence-electron chi connectivity index (χ2n) is 10.3. The van der Waals surface area contributed by atoms with E-state index in [-0.39, 0.29) is 29.3 Å². The largest absolute Gasteiger partial charge is 0.496 e. The summed E-state index contributed by atoms with van der Waals surface area (Å²) in [7, 11) is 0.675. The van der Waals surface area contributed by atoms with E-state index in [1.54, 1.807) is 12.1 Å². The molecule has 1 saturated heterocycles. The Morgan fingerprint density at radius 3 is 2.61 bits per heavy atom. The molecule has 2 bridgehead atoms. The highest BCUT2D eigenvalue weighted by Crippen LogP contribution is 2.65. The molecule has 2 N–H and O–H groups in total. The minimum atomic E-state index is -1.65. The standard InChI is InChI=1S/C23H30BCl2NO6/c1-21(2)13-10-15(21)22(3)16(11-13)32-24(33-22)17(27-20(30)23(4,25)26)9-12-7-6-8-14(19(28)29)18(12)31-5/h6-8,13,15-17H,9-11H2,1-5H3,(H,27,30)(H,28,29). The van der Waals surface area contributed by atoms with Crippen LogP contribution in [0.15, 0.2) is 18.2 Å². The van der Waals surface area contributed by atoms with E-state index in [4.69, 9.17) is 37.2 Å². The third-order valence-corrected chi connectivity index (χ3v) is 8.33. The van der Waals surface area contributed by atoms with Crippen molar-refractivity contribution in [3.63, 3.8) is 0 Å². The van der Waals surface area contributed by atoms with E-state index >= 15 is 0 Å². The molecule has 5 rings (SSSR count). The highest BCUT2D eigenvalue weighted by Gasteiger charge is 2.68. The number of amides is 1. The van der Waals surface area contributed by atoms with Gasteiger partial charge in [-0.05, 0) is 62.0 Å². The van der Waals surface area contributed by atoms with Gasteiger partial charge in [-0.25, -0.2) is 4.79 Å². The SMILES string of the molecule is COc1c(CC(NC(=O)C(C)(Cl)Cl)B2OC3CC4CC(C4(C)C)C3(C)O2)cccc1C(=O)O. The van der Waals surface area contributed by atoms with Crippen LogP contribution in [0.3, 0.4) is 0 Å². The molecule has 4 fully saturated rings. The molecule has 1 aromatic rings. The van der Waals surface area contributed by atoms with Crippen molar-refractivity contribution in [2.24, 2.45) is 17.3 Å². The highest BCUT2D eigenvalue weighted by atomic mass is 35.5. The minimum Gasteiger partial charge on any atom is -0.496 e.